The van der Waals surface area contributed by atoms with Crippen LogP contribution in [-0.2, 0) is 11.3 Å². The predicted molar refractivity (Wildman–Crippen MR) is 96.2 cm³/mol. The molecule has 2 aromatic rings. The van der Waals surface area contributed by atoms with Gasteiger partial charge in [-0.1, -0.05) is 0 Å². The van der Waals surface area contributed by atoms with Crippen molar-refractivity contribution in [2.24, 2.45) is 0 Å². The van der Waals surface area contributed by atoms with Crippen LogP contribution in [0.15, 0.2) is 47.1 Å². The third kappa shape index (κ3) is 4.61. The molecule has 0 atom stereocenters. The van der Waals surface area contributed by atoms with Gasteiger partial charge in [0.2, 0.25) is 5.91 Å². The van der Waals surface area contributed by atoms with Crippen LogP contribution in [0.1, 0.15) is 25.0 Å². The highest BCUT2D eigenvalue weighted by molar-refractivity contribution is 5.92. The zero-order chi connectivity index (χ0) is 16.8. The van der Waals surface area contributed by atoms with Gasteiger partial charge in [0, 0.05) is 24.5 Å². The standard InChI is InChI=1S/C19H25N3O2/c1-21(14-18-6-5-13-24-18)15-19(23)20-16-7-9-17(10-8-16)22-11-3-2-4-12-22/h5-10,13H,2-4,11-12,14-15H2,1H3,(H,20,23). The lowest BCUT2D eigenvalue weighted by atomic mass is 10.1. The summed E-state index contributed by atoms with van der Waals surface area (Å²) >= 11 is 0. The Morgan fingerprint density at radius 1 is 1.17 bits per heavy atom. The number of nitrogens with zero attached hydrogens (tertiary/aromatic N) is 2. The largest absolute Gasteiger partial charge is 0.468 e. The second kappa shape index (κ2) is 8.02. The zero-order valence-electron chi connectivity index (χ0n) is 14.2. The van der Waals surface area contributed by atoms with Crippen molar-refractivity contribution in [3.63, 3.8) is 0 Å². The zero-order valence-corrected chi connectivity index (χ0v) is 14.2. The molecule has 5 heteroatoms. The van der Waals surface area contributed by atoms with Gasteiger partial charge in [-0.15, -0.1) is 0 Å². The van der Waals surface area contributed by atoms with E-state index in [0.717, 1.165) is 24.5 Å². The molecule has 1 fully saturated rings. The molecule has 0 spiro atoms. The molecular weight excluding hydrogens is 302 g/mol. The second-order valence-electron chi connectivity index (χ2n) is 6.39. The van der Waals surface area contributed by atoms with Gasteiger partial charge in [-0.2, -0.15) is 0 Å². The number of benzene rings is 1. The van der Waals surface area contributed by atoms with E-state index in [0.29, 0.717) is 13.1 Å². The van der Waals surface area contributed by atoms with E-state index in [4.69, 9.17) is 4.42 Å². The Morgan fingerprint density at radius 3 is 2.58 bits per heavy atom. The van der Waals surface area contributed by atoms with E-state index in [1.54, 1.807) is 6.26 Å². The van der Waals surface area contributed by atoms with Crippen LogP contribution in [0.5, 0.6) is 0 Å². The molecule has 1 amide bonds. The number of piperidine rings is 1. The van der Waals surface area contributed by atoms with Crippen LogP contribution in [0, 0.1) is 0 Å². The Kier molecular flexibility index (Phi) is 5.54. The Bertz CT molecular complexity index is 631. The molecule has 1 N–H and O–H groups in total. The molecule has 0 saturated carbocycles. The Labute approximate surface area is 143 Å². The lowest BCUT2D eigenvalue weighted by Gasteiger charge is -2.28. The smallest absolute Gasteiger partial charge is 0.238 e. The van der Waals surface area contributed by atoms with Gasteiger partial charge >= 0.3 is 0 Å². The van der Waals surface area contributed by atoms with Gasteiger partial charge in [0.05, 0.1) is 19.4 Å². The van der Waals surface area contributed by atoms with Crippen molar-refractivity contribution in [2.75, 3.05) is 36.9 Å². The van der Waals surface area contributed by atoms with Gasteiger partial charge < -0.3 is 14.6 Å². The highest BCUT2D eigenvalue weighted by Gasteiger charge is 2.12. The number of hydrogen-bond donors (Lipinski definition) is 1. The van der Waals surface area contributed by atoms with Crippen LogP contribution in [0.3, 0.4) is 0 Å². The number of likely N-dealkylation sites (N-methyl/N-ethyl adjacent to an activating group) is 1. The molecule has 0 aliphatic carbocycles. The average Bonchev–Trinajstić information content (AvgIpc) is 3.09. The van der Waals surface area contributed by atoms with Gasteiger partial charge in [0.15, 0.2) is 0 Å². The maximum absolute atomic E-state index is 12.1. The minimum absolute atomic E-state index is 0.0187. The van der Waals surface area contributed by atoms with Gasteiger partial charge in [0.1, 0.15) is 5.76 Å². The number of amides is 1. The van der Waals surface area contributed by atoms with Gasteiger partial charge in [-0.05, 0) is 62.7 Å². The fraction of sp³-hybridized carbons (Fsp3) is 0.421. The lowest BCUT2D eigenvalue weighted by Crippen LogP contribution is -2.30. The Morgan fingerprint density at radius 2 is 1.92 bits per heavy atom. The fourth-order valence-corrected chi connectivity index (χ4v) is 3.08. The molecule has 1 aliphatic rings. The van der Waals surface area contributed by atoms with Crippen molar-refractivity contribution in [3.8, 4) is 0 Å². The monoisotopic (exact) mass is 327 g/mol. The van der Waals surface area contributed by atoms with Crippen LogP contribution >= 0.6 is 0 Å². The second-order valence-corrected chi connectivity index (χ2v) is 6.39. The van der Waals surface area contributed by atoms with Crippen LogP contribution in [-0.4, -0.2) is 37.5 Å². The van der Waals surface area contributed by atoms with E-state index < -0.39 is 0 Å². The maximum atomic E-state index is 12.1. The van der Waals surface area contributed by atoms with Crippen molar-refractivity contribution in [1.29, 1.82) is 0 Å². The molecule has 0 radical (unpaired) electrons. The van der Waals surface area contributed by atoms with Gasteiger partial charge in [0.25, 0.3) is 0 Å². The minimum atomic E-state index is -0.0187. The molecule has 1 aromatic carbocycles. The van der Waals surface area contributed by atoms with Crippen LogP contribution in [0.2, 0.25) is 0 Å². The summed E-state index contributed by atoms with van der Waals surface area (Å²) in [6.07, 6.45) is 5.50. The summed E-state index contributed by atoms with van der Waals surface area (Å²) in [5.41, 5.74) is 2.08. The molecule has 5 nitrogen and oxygen atoms in total. The molecule has 0 bridgehead atoms. The van der Waals surface area contributed by atoms with Crippen LogP contribution in [0.25, 0.3) is 0 Å². The summed E-state index contributed by atoms with van der Waals surface area (Å²) in [5, 5.41) is 2.95. The first-order valence-electron chi connectivity index (χ1n) is 8.56. The van der Waals surface area contributed by atoms with E-state index in [1.807, 2.05) is 36.2 Å². The lowest BCUT2D eigenvalue weighted by molar-refractivity contribution is -0.117. The van der Waals surface area contributed by atoms with Crippen molar-refractivity contribution in [1.82, 2.24) is 4.90 Å². The molecule has 1 saturated heterocycles. The predicted octanol–water partition coefficient (Wildman–Crippen LogP) is 3.34. The van der Waals surface area contributed by atoms with E-state index in [-0.39, 0.29) is 5.91 Å². The van der Waals surface area contributed by atoms with Crippen molar-refractivity contribution >= 4 is 17.3 Å². The first kappa shape index (κ1) is 16.6. The summed E-state index contributed by atoms with van der Waals surface area (Å²) in [5.74, 6) is 0.839. The van der Waals surface area contributed by atoms with E-state index in [1.165, 1.54) is 24.9 Å². The number of anilines is 2. The number of nitrogens with one attached hydrogen (secondary N) is 1. The molecule has 1 aromatic heterocycles. The number of rotatable bonds is 6. The first-order chi connectivity index (χ1) is 11.7. The molecule has 128 valence electrons. The van der Waals surface area contributed by atoms with E-state index >= 15 is 0 Å². The third-order valence-electron chi connectivity index (χ3n) is 4.29. The highest BCUT2D eigenvalue weighted by Crippen LogP contribution is 2.21. The van der Waals surface area contributed by atoms with Crippen molar-refractivity contribution in [3.05, 3.63) is 48.4 Å². The van der Waals surface area contributed by atoms with E-state index in [9.17, 15) is 4.79 Å². The Hall–Kier alpha value is -2.27. The Balaban J connectivity index is 1.48. The first-order valence-corrected chi connectivity index (χ1v) is 8.56. The number of carbonyl (C=O) groups excluding carboxylic acids is 1. The van der Waals surface area contributed by atoms with Gasteiger partial charge in [-0.25, -0.2) is 0 Å². The summed E-state index contributed by atoms with van der Waals surface area (Å²) in [7, 11) is 1.90. The van der Waals surface area contributed by atoms with Crippen LogP contribution in [0.4, 0.5) is 11.4 Å². The number of furan rings is 1. The molecule has 0 unspecified atom stereocenters. The molecule has 24 heavy (non-hydrogen) atoms. The highest BCUT2D eigenvalue weighted by atomic mass is 16.3. The molecule has 2 heterocycles. The van der Waals surface area contributed by atoms with Crippen molar-refractivity contribution < 1.29 is 9.21 Å². The SMILES string of the molecule is CN(CC(=O)Nc1ccc(N2CCCCC2)cc1)Cc1ccco1. The van der Waals surface area contributed by atoms with Crippen LogP contribution < -0.4 is 10.2 Å². The summed E-state index contributed by atoms with van der Waals surface area (Å²) < 4.78 is 5.30. The topological polar surface area (TPSA) is 48.7 Å². The fourth-order valence-electron chi connectivity index (χ4n) is 3.08. The number of carbonyl (C=O) groups is 1. The average molecular weight is 327 g/mol. The third-order valence-corrected chi connectivity index (χ3v) is 4.29. The summed E-state index contributed by atoms with van der Waals surface area (Å²) in [6, 6.07) is 11.9. The minimum Gasteiger partial charge on any atom is -0.468 e. The summed E-state index contributed by atoms with van der Waals surface area (Å²) in [4.78, 5) is 16.5. The van der Waals surface area contributed by atoms with Gasteiger partial charge in [-0.3, -0.25) is 9.69 Å². The summed E-state index contributed by atoms with van der Waals surface area (Å²) in [6.45, 7) is 3.20. The quantitative estimate of drug-likeness (QED) is 0.884. The number of hydrogen-bond acceptors (Lipinski definition) is 4. The normalized spacial score (nSPS) is 14.8. The maximum Gasteiger partial charge on any atom is 0.238 e. The van der Waals surface area contributed by atoms with Crippen molar-refractivity contribution in [2.45, 2.75) is 25.8 Å². The molecule has 3 rings (SSSR count). The van der Waals surface area contributed by atoms with E-state index in [2.05, 4.69) is 22.3 Å². The molecule has 1 aliphatic heterocycles. The molecular formula is C19H25N3O2.